The third-order valence-corrected chi connectivity index (χ3v) is 4.23. The number of halogens is 1. The molecule has 0 radical (unpaired) electrons. The molecule has 0 bridgehead atoms. The van der Waals surface area contributed by atoms with Gasteiger partial charge in [0.05, 0.1) is 6.42 Å². The van der Waals surface area contributed by atoms with Crippen molar-refractivity contribution in [1.82, 2.24) is 4.90 Å². The van der Waals surface area contributed by atoms with Gasteiger partial charge in [0.2, 0.25) is 0 Å². The summed E-state index contributed by atoms with van der Waals surface area (Å²) < 4.78 is 13.3. The predicted octanol–water partition coefficient (Wildman–Crippen LogP) is 3.83. The van der Waals surface area contributed by atoms with Crippen LogP contribution in [-0.2, 0) is 11.3 Å². The van der Waals surface area contributed by atoms with E-state index in [1.54, 1.807) is 12.1 Å². The van der Waals surface area contributed by atoms with Gasteiger partial charge in [-0.3, -0.25) is 9.69 Å². The highest BCUT2D eigenvalue weighted by Crippen LogP contribution is 2.23. The molecule has 2 rings (SSSR count). The smallest absolute Gasteiger partial charge is 0.304 e. The quantitative estimate of drug-likeness (QED) is 0.810. The van der Waals surface area contributed by atoms with Crippen LogP contribution in [0, 0.1) is 5.82 Å². The lowest BCUT2D eigenvalue weighted by atomic mass is 10.1. The Bertz CT molecular complexity index is 456. The molecule has 4 heteroatoms. The summed E-state index contributed by atoms with van der Waals surface area (Å²) in [6.45, 7) is 1.17. The molecule has 21 heavy (non-hydrogen) atoms. The summed E-state index contributed by atoms with van der Waals surface area (Å²) in [6, 6.07) is 7.04. The summed E-state index contributed by atoms with van der Waals surface area (Å²) in [5.74, 6) is -1.00. The van der Waals surface area contributed by atoms with E-state index in [-0.39, 0.29) is 12.2 Å². The minimum Gasteiger partial charge on any atom is -0.481 e. The van der Waals surface area contributed by atoms with E-state index in [1.165, 1.54) is 31.7 Å². The molecular weight excluding hydrogens is 269 g/mol. The molecular formula is C17H24FNO2. The van der Waals surface area contributed by atoms with Crippen molar-refractivity contribution in [1.29, 1.82) is 0 Å². The fourth-order valence-electron chi connectivity index (χ4n) is 3.12. The van der Waals surface area contributed by atoms with Crippen LogP contribution < -0.4 is 0 Å². The van der Waals surface area contributed by atoms with E-state index in [2.05, 4.69) is 4.90 Å². The highest BCUT2D eigenvalue weighted by Gasteiger charge is 2.21. The predicted molar refractivity (Wildman–Crippen MR) is 80.6 cm³/mol. The number of hydrogen-bond acceptors (Lipinski definition) is 2. The van der Waals surface area contributed by atoms with Crippen LogP contribution in [0.2, 0.25) is 0 Å². The number of carboxylic acid groups (broad SMARTS) is 1. The van der Waals surface area contributed by atoms with E-state index in [1.807, 2.05) is 6.07 Å². The molecule has 1 aliphatic carbocycles. The van der Waals surface area contributed by atoms with Crippen LogP contribution in [0.1, 0.15) is 50.5 Å². The maximum absolute atomic E-state index is 13.3. The summed E-state index contributed by atoms with van der Waals surface area (Å²) in [5.41, 5.74) is 0.921. The highest BCUT2D eigenvalue weighted by atomic mass is 19.1. The standard InChI is InChI=1S/C17H24FNO2/c18-15-7-5-6-14(12-15)13-19(11-10-17(20)21)16-8-3-1-2-4-9-16/h5-7,12,16H,1-4,8-11,13H2,(H,20,21). The Morgan fingerprint density at radius 3 is 2.57 bits per heavy atom. The average Bonchev–Trinajstić information content (AvgIpc) is 2.72. The van der Waals surface area contributed by atoms with E-state index < -0.39 is 5.97 Å². The first-order valence-corrected chi connectivity index (χ1v) is 7.85. The van der Waals surface area contributed by atoms with Gasteiger partial charge in [-0.2, -0.15) is 0 Å². The van der Waals surface area contributed by atoms with Gasteiger partial charge in [-0.1, -0.05) is 37.8 Å². The van der Waals surface area contributed by atoms with E-state index >= 15 is 0 Å². The number of carboxylic acids is 1. The van der Waals surface area contributed by atoms with Crippen LogP contribution in [0.4, 0.5) is 4.39 Å². The van der Waals surface area contributed by atoms with Gasteiger partial charge in [-0.25, -0.2) is 4.39 Å². The van der Waals surface area contributed by atoms with Crippen molar-refractivity contribution in [2.45, 2.75) is 57.5 Å². The third kappa shape index (κ3) is 5.46. The Morgan fingerprint density at radius 2 is 1.95 bits per heavy atom. The average molecular weight is 293 g/mol. The largest absolute Gasteiger partial charge is 0.481 e. The zero-order chi connectivity index (χ0) is 15.1. The third-order valence-electron chi connectivity index (χ3n) is 4.23. The molecule has 0 atom stereocenters. The lowest BCUT2D eigenvalue weighted by molar-refractivity contribution is -0.137. The molecule has 1 N–H and O–H groups in total. The fraction of sp³-hybridized carbons (Fsp3) is 0.588. The molecule has 116 valence electrons. The Hall–Kier alpha value is -1.42. The second-order valence-electron chi connectivity index (χ2n) is 5.89. The maximum Gasteiger partial charge on any atom is 0.304 e. The molecule has 1 fully saturated rings. The molecule has 1 saturated carbocycles. The number of rotatable bonds is 6. The molecule has 0 spiro atoms. The van der Waals surface area contributed by atoms with Crippen molar-refractivity contribution in [3.8, 4) is 0 Å². The first-order valence-electron chi connectivity index (χ1n) is 7.85. The van der Waals surface area contributed by atoms with Crippen LogP contribution in [0.15, 0.2) is 24.3 Å². The summed E-state index contributed by atoms with van der Waals surface area (Å²) in [6.07, 6.45) is 7.33. The SMILES string of the molecule is O=C(O)CCN(Cc1cccc(F)c1)C1CCCCCC1. The molecule has 1 aromatic rings. The zero-order valence-corrected chi connectivity index (χ0v) is 12.4. The molecule has 0 heterocycles. The van der Waals surface area contributed by atoms with E-state index in [0.717, 1.165) is 18.4 Å². The number of aliphatic carboxylic acids is 1. The van der Waals surface area contributed by atoms with Crippen molar-refractivity contribution in [2.75, 3.05) is 6.54 Å². The number of benzene rings is 1. The Kier molecular flexibility index (Phi) is 6.18. The lowest BCUT2D eigenvalue weighted by Crippen LogP contribution is -2.36. The van der Waals surface area contributed by atoms with Gasteiger partial charge in [-0.05, 0) is 30.5 Å². The molecule has 0 saturated heterocycles. The molecule has 1 aromatic carbocycles. The molecule has 0 unspecified atom stereocenters. The molecule has 1 aliphatic rings. The number of nitrogens with zero attached hydrogens (tertiary/aromatic N) is 1. The number of carbonyl (C=O) groups is 1. The Labute approximate surface area is 125 Å². The normalized spacial score (nSPS) is 16.9. The minimum atomic E-state index is -0.770. The van der Waals surface area contributed by atoms with Gasteiger partial charge in [0.1, 0.15) is 5.82 Å². The van der Waals surface area contributed by atoms with Crippen LogP contribution in [-0.4, -0.2) is 28.6 Å². The van der Waals surface area contributed by atoms with Gasteiger partial charge in [0.15, 0.2) is 0 Å². The van der Waals surface area contributed by atoms with Crippen LogP contribution in [0.25, 0.3) is 0 Å². The monoisotopic (exact) mass is 293 g/mol. The fourth-order valence-corrected chi connectivity index (χ4v) is 3.12. The Balaban J connectivity index is 2.04. The van der Waals surface area contributed by atoms with Crippen molar-refractivity contribution in [3.05, 3.63) is 35.6 Å². The maximum atomic E-state index is 13.3. The van der Waals surface area contributed by atoms with Crippen molar-refractivity contribution in [3.63, 3.8) is 0 Å². The van der Waals surface area contributed by atoms with Crippen molar-refractivity contribution in [2.24, 2.45) is 0 Å². The first kappa shape index (κ1) is 16.0. The zero-order valence-electron chi connectivity index (χ0n) is 12.4. The summed E-state index contributed by atoms with van der Waals surface area (Å²) in [7, 11) is 0. The molecule has 0 aliphatic heterocycles. The Morgan fingerprint density at radius 1 is 1.24 bits per heavy atom. The lowest BCUT2D eigenvalue weighted by Gasteiger charge is -2.31. The summed E-state index contributed by atoms with van der Waals surface area (Å²) in [5, 5.41) is 8.94. The molecule has 3 nitrogen and oxygen atoms in total. The molecule has 0 aromatic heterocycles. The van der Waals surface area contributed by atoms with Crippen LogP contribution in [0.5, 0.6) is 0 Å². The second-order valence-corrected chi connectivity index (χ2v) is 5.89. The number of hydrogen-bond donors (Lipinski definition) is 1. The minimum absolute atomic E-state index is 0.145. The first-order chi connectivity index (χ1) is 10.1. The van der Waals surface area contributed by atoms with Gasteiger partial charge < -0.3 is 5.11 Å². The van der Waals surface area contributed by atoms with Crippen molar-refractivity contribution < 1.29 is 14.3 Å². The van der Waals surface area contributed by atoms with Crippen molar-refractivity contribution >= 4 is 5.97 Å². The van der Waals surface area contributed by atoms with E-state index in [9.17, 15) is 9.18 Å². The van der Waals surface area contributed by atoms with Gasteiger partial charge >= 0.3 is 5.97 Å². The van der Waals surface area contributed by atoms with Gasteiger partial charge in [0, 0.05) is 19.1 Å². The summed E-state index contributed by atoms with van der Waals surface area (Å²) in [4.78, 5) is 13.1. The van der Waals surface area contributed by atoms with Crippen LogP contribution >= 0.6 is 0 Å². The summed E-state index contributed by atoms with van der Waals surface area (Å²) >= 11 is 0. The van der Waals surface area contributed by atoms with Gasteiger partial charge in [0.25, 0.3) is 0 Å². The second kappa shape index (κ2) is 8.13. The topological polar surface area (TPSA) is 40.5 Å². The van der Waals surface area contributed by atoms with Crippen LogP contribution in [0.3, 0.4) is 0 Å². The van der Waals surface area contributed by atoms with E-state index in [0.29, 0.717) is 19.1 Å². The molecule has 0 amide bonds. The highest BCUT2D eigenvalue weighted by molar-refractivity contribution is 5.66. The van der Waals surface area contributed by atoms with Gasteiger partial charge in [-0.15, -0.1) is 0 Å². The van der Waals surface area contributed by atoms with E-state index in [4.69, 9.17) is 5.11 Å².